The lowest BCUT2D eigenvalue weighted by atomic mass is 9.76. The zero-order valence-electron chi connectivity index (χ0n) is 17.5. The Labute approximate surface area is 177 Å². The fraction of sp³-hybridized carbons (Fsp3) is 0.348. The molecule has 1 unspecified atom stereocenters. The molecule has 1 aromatic carbocycles. The highest BCUT2D eigenvalue weighted by Crippen LogP contribution is 2.46. The molecule has 5 heterocycles. The fourth-order valence-corrected chi connectivity index (χ4v) is 4.89. The van der Waals surface area contributed by atoms with E-state index < -0.39 is 5.41 Å². The van der Waals surface area contributed by atoms with Gasteiger partial charge in [0.15, 0.2) is 11.5 Å². The Morgan fingerprint density at radius 1 is 1.19 bits per heavy atom. The van der Waals surface area contributed by atoms with Crippen LogP contribution in [-0.4, -0.2) is 29.4 Å². The van der Waals surface area contributed by atoms with Gasteiger partial charge in [-0.25, -0.2) is 4.98 Å². The SMILES string of the molecule is CCC1(C)C(=O)OCc2c1cc1n(c2=O)Cc2cc3c(NC)c4c(cc3nc2-1)OCO4. The number of hydrogen-bond donors (Lipinski definition) is 1. The highest BCUT2D eigenvalue weighted by molar-refractivity contribution is 5.99. The van der Waals surface area contributed by atoms with Crippen molar-refractivity contribution >= 4 is 22.6 Å². The lowest BCUT2D eigenvalue weighted by molar-refractivity contribution is -0.153. The number of ether oxygens (including phenoxy) is 3. The number of hydrogen-bond acceptors (Lipinski definition) is 7. The summed E-state index contributed by atoms with van der Waals surface area (Å²) in [6, 6.07) is 5.88. The number of cyclic esters (lactones) is 1. The molecule has 0 aliphatic carbocycles. The normalized spacial score (nSPS) is 20.3. The first kappa shape index (κ1) is 18.2. The number of pyridine rings is 2. The van der Waals surface area contributed by atoms with Crippen molar-refractivity contribution in [3.63, 3.8) is 0 Å². The van der Waals surface area contributed by atoms with Gasteiger partial charge in [0.2, 0.25) is 6.79 Å². The topological polar surface area (TPSA) is 91.7 Å². The maximum atomic E-state index is 13.4. The summed E-state index contributed by atoms with van der Waals surface area (Å²) >= 11 is 0. The van der Waals surface area contributed by atoms with Gasteiger partial charge in [0.05, 0.1) is 40.1 Å². The summed E-state index contributed by atoms with van der Waals surface area (Å²) in [7, 11) is 1.83. The van der Waals surface area contributed by atoms with E-state index in [-0.39, 0.29) is 24.9 Å². The number of carbonyl (C=O) groups is 1. The van der Waals surface area contributed by atoms with Gasteiger partial charge in [-0.15, -0.1) is 0 Å². The number of esters is 1. The van der Waals surface area contributed by atoms with Crippen LogP contribution in [0.25, 0.3) is 22.3 Å². The van der Waals surface area contributed by atoms with Gasteiger partial charge in [0, 0.05) is 24.1 Å². The third kappa shape index (κ3) is 2.22. The zero-order valence-corrected chi connectivity index (χ0v) is 17.5. The number of nitrogens with zero attached hydrogens (tertiary/aromatic N) is 2. The van der Waals surface area contributed by atoms with Gasteiger partial charge in [-0.1, -0.05) is 6.92 Å². The maximum absolute atomic E-state index is 13.4. The lowest BCUT2D eigenvalue weighted by Crippen LogP contribution is -2.42. The number of carbonyl (C=O) groups excluding carboxylic acids is 1. The largest absolute Gasteiger partial charge is 0.460 e. The predicted molar refractivity (Wildman–Crippen MR) is 114 cm³/mol. The van der Waals surface area contributed by atoms with E-state index in [9.17, 15) is 9.59 Å². The number of rotatable bonds is 2. The molecule has 1 atom stereocenters. The number of anilines is 1. The van der Waals surface area contributed by atoms with Crippen LogP contribution in [0.15, 0.2) is 23.0 Å². The molecule has 3 aromatic rings. The van der Waals surface area contributed by atoms with Crippen molar-refractivity contribution in [1.29, 1.82) is 0 Å². The van der Waals surface area contributed by atoms with Crippen LogP contribution < -0.4 is 20.3 Å². The minimum atomic E-state index is -0.840. The summed E-state index contributed by atoms with van der Waals surface area (Å²) in [6.45, 7) is 4.39. The first-order valence-electron chi connectivity index (χ1n) is 10.3. The molecule has 1 N–H and O–H groups in total. The van der Waals surface area contributed by atoms with Crippen LogP contribution >= 0.6 is 0 Å². The molecule has 0 radical (unpaired) electrons. The minimum absolute atomic E-state index is 0.0138. The zero-order chi connectivity index (χ0) is 21.5. The molecule has 31 heavy (non-hydrogen) atoms. The van der Waals surface area contributed by atoms with Crippen LogP contribution in [0.3, 0.4) is 0 Å². The number of aromatic nitrogens is 2. The molecule has 6 rings (SSSR count). The van der Waals surface area contributed by atoms with Crippen LogP contribution in [0.5, 0.6) is 11.5 Å². The summed E-state index contributed by atoms with van der Waals surface area (Å²) in [6.07, 6.45) is 0.550. The molecule has 3 aliphatic rings. The average molecular weight is 419 g/mol. The van der Waals surface area contributed by atoms with Crippen molar-refractivity contribution in [2.75, 3.05) is 19.2 Å². The maximum Gasteiger partial charge on any atom is 0.316 e. The van der Waals surface area contributed by atoms with Crippen molar-refractivity contribution in [2.24, 2.45) is 0 Å². The first-order chi connectivity index (χ1) is 15.0. The van der Waals surface area contributed by atoms with Crippen LogP contribution in [-0.2, 0) is 28.1 Å². The van der Waals surface area contributed by atoms with E-state index in [4.69, 9.17) is 19.2 Å². The molecule has 0 amide bonds. The third-order valence-corrected chi connectivity index (χ3v) is 6.86. The van der Waals surface area contributed by atoms with Crippen molar-refractivity contribution in [3.05, 3.63) is 45.2 Å². The van der Waals surface area contributed by atoms with Crippen molar-refractivity contribution < 1.29 is 19.0 Å². The second-order valence-electron chi connectivity index (χ2n) is 8.37. The average Bonchev–Trinajstić information content (AvgIpc) is 3.38. The lowest BCUT2D eigenvalue weighted by Gasteiger charge is -2.33. The van der Waals surface area contributed by atoms with Gasteiger partial charge in [-0.2, -0.15) is 0 Å². The van der Waals surface area contributed by atoms with E-state index in [0.717, 1.165) is 39.1 Å². The number of nitrogens with one attached hydrogen (secondary N) is 1. The first-order valence-corrected chi connectivity index (χ1v) is 10.3. The monoisotopic (exact) mass is 419 g/mol. The van der Waals surface area contributed by atoms with E-state index in [1.54, 1.807) is 4.57 Å². The molecule has 8 heteroatoms. The van der Waals surface area contributed by atoms with Crippen LogP contribution in [0.1, 0.15) is 37.0 Å². The van der Waals surface area contributed by atoms with Crippen LogP contribution in [0, 0.1) is 0 Å². The van der Waals surface area contributed by atoms with Gasteiger partial charge in [-0.3, -0.25) is 9.59 Å². The number of benzene rings is 1. The Kier molecular flexibility index (Phi) is 3.53. The Balaban J connectivity index is 1.62. The smallest absolute Gasteiger partial charge is 0.316 e. The van der Waals surface area contributed by atoms with Gasteiger partial charge in [0.25, 0.3) is 5.56 Å². The molecule has 0 spiro atoms. The van der Waals surface area contributed by atoms with Gasteiger partial charge in [-0.05, 0) is 31.0 Å². The van der Waals surface area contributed by atoms with Crippen molar-refractivity contribution in [1.82, 2.24) is 9.55 Å². The quantitative estimate of drug-likeness (QED) is 0.500. The van der Waals surface area contributed by atoms with Gasteiger partial charge in [0.1, 0.15) is 6.61 Å². The van der Waals surface area contributed by atoms with E-state index in [1.807, 2.05) is 33.0 Å². The molecule has 2 aromatic heterocycles. The van der Waals surface area contributed by atoms with E-state index in [0.29, 0.717) is 30.0 Å². The predicted octanol–water partition coefficient (Wildman–Crippen LogP) is 2.92. The summed E-state index contributed by atoms with van der Waals surface area (Å²) < 4.78 is 18.3. The summed E-state index contributed by atoms with van der Waals surface area (Å²) in [5.41, 5.74) is 4.36. The molecular weight excluding hydrogens is 398 g/mol. The summed E-state index contributed by atoms with van der Waals surface area (Å²) in [5.74, 6) is 1.03. The second-order valence-corrected chi connectivity index (χ2v) is 8.37. The summed E-state index contributed by atoms with van der Waals surface area (Å²) in [5, 5.41) is 4.10. The molecule has 0 saturated heterocycles. The van der Waals surface area contributed by atoms with Crippen molar-refractivity contribution in [2.45, 2.75) is 38.8 Å². The van der Waals surface area contributed by atoms with Gasteiger partial charge < -0.3 is 24.1 Å². The Hall–Kier alpha value is -3.55. The second kappa shape index (κ2) is 6.00. The minimum Gasteiger partial charge on any atom is -0.460 e. The third-order valence-electron chi connectivity index (χ3n) is 6.86. The molecule has 0 saturated carbocycles. The van der Waals surface area contributed by atoms with E-state index in [2.05, 4.69) is 11.4 Å². The fourth-order valence-electron chi connectivity index (χ4n) is 4.89. The van der Waals surface area contributed by atoms with E-state index in [1.165, 1.54) is 0 Å². The molecule has 158 valence electrons. The van der Waals surface area contributed by atoms with Crippen LogP contribution in [0.2, 0.25) is 0 Å². The van der Waals surface area contributed by atoms with Gasteiger partial charge >= 0.3 is 5.97 Å². The Morgan fingerprint density at radius 3 is 2.81 bits per heavy atom. The molecule has 3 aliphatic heterocycles. The highest BCUT2D eigenvalue weighted by Gasteiger charge is 2.43. The molecular formula is C23H21N3O5. The van der Waals surface area contributed by atoms with Crippen LogP contribution in [0.4, 0.5) is 5.69 Å². The molecule has 8 nitrogen and oxygen atoms in total. The highest BCUT2D eigenvalue weighted by atomic mass is 16.7. The van der Waals surface area contributed by atoms with Crippen molar-refractivity contribution in [3.8, 4) is 22.9 Å². The Morgan fingerprint density at radius 2 is 2.03 bits per heavy atom. The summed E-state index contributed by atoms with van der Waals surface area (Å²) in [4.78, 5) is 30.8. The Bertz CT molecular complexity index is 1380. The standard InChI is InChI=1S/C23H21N3O5/c1-4-23(2)14-6-16-18-11(8-26(16)21(27)13(14)9-29-22(23)28)5-12-15(25-18)7-17-20(19(12)24-3)31-10-30-17/h5-7,24H,4,8-10H2,1-3H3. The molecule has 0 bridgehead atoms. The number of fused-ring (bicyclic) bond motifs is 6. The van der Waals surface area contributed by atoms with E-state index >= 15 is 0 Å². The molecule has 0 fully saturated rings.